The molecule has 1 aliphatic rings. The summed E-state index contributed by atoms with van der Waals surface area (Å²) in [6.45, 7) is 15.1. The molecule has 0 atom stereocenters. The van der Waals surface area contributed by atoms with Crippen LogP contribution in [0.4, 0.5) is 5.69 Å². The number of halogens is 1. The normalized spacial score (nSPS) is 17.3. The highest BCUT2D eigenvalue weighted by molar-refractivity contribution is 6.31. The number of benzene rings is 1. The minimum Gasteiger partial charge on any atom is -0.369 e. The van der Waals surface area contributed by atoms with Crippen LogP contribution in [0.3, 0.4) is 0 Å². The fourth-order valence-corrected chi connectivity index (χ4v) is 2.80. The molecular weight excluding hydrogens is 282 g/mol. The van der Waals surface area contributed by atoms with Crippen molar-refractivity contribution in [3.05, 3.63) is 28.8 Å². The van der Waals surface area contributed by atoms with Crippen molar-refractivity contribution in [2.24, 2.45) is 0 Å². The summed E-state index contributed by atoms with van der Waals surface area (Å²) < 4.78 is 0. The van der Waals surface area contributed by atoms with E-state index in [2.05, 4.69) is 61.0 Å². The maximum atomic E-state index is 6.46. The molecule has 0 aliphatic carbocycles. The van der Waals surface area contributed by atoms with Crippen LogP contribution in [0.2, 0.25) is 5.02 Å². The smallest absolute Gasteiger partial charge is 0.0471 e. The summed E-state index contributed by atoms with van der Waals surface area (Å²) in [6, 6.07) is 6.47. The van der Waals surface area contributed by atoms with Crippen molar-refractivity contribution in [3.8, 4) is 0 Å². The van der Waals surface area contributed by atoms with Gasteiger partial charge < -0.3 is 15.1 Å². The Morgan fingerprint density at radius 1 is 1.14 bits per heavy atom. The molecule has 0 aromatic heterocycles. The number of hydrogen-bond acceptors (Lipinski definition) is 3. The molecule has 0 unspecified atom stereocenters. The van der Waals surface area contributed by atoms with Crippen molar-refractivity contribution in [1.82, 2.24) is 10.2 Å². The van der Waals surface area contributed by atoms with Crippen molar-refractivity contribution in [3.63, 3.8) is 0 Å². The molecule has 2 rings (SSSR count). The molecule has 21 heavy (non-hydrogen) atoms. The minimum absolute atomic E-state index is 0.110. The van der Waals surface area contributed by atoms with Crippen LogP contribution in [0.1, 0.15) is 33.3 Å². The number of hydrogen-bond donors (Lipinski definition) is 1. The van der Waals surface area contributed by atoms with Crippen LogP contribution in [0.5, 0.6) is 0 Å². The molecule has 1 N–H and O–H groups in total. The van der Waals surface area contributed by atoms with Gasteiger partial charge in [0, 0.05) is 49.0 Å². The van der Waals surface area contributed by atoms with Gasteiger partial charge in [0.1, 0.15) is 0 Å². The second-order valence-corrected chi connectivity index (χ2v) is 7.21. The second kappa shape index (κ2) is 6.99. The van der Waals surface area contributed by atoms with Gasteiger partial charge in [-0.05, 0) is 45.0 Å². The van der Waals surface area contributed by atoms with Crippen LogP contribution in [-0.4, -0.2) is 43.2 Å². The van der Waals surface area contributed by atoms with Crippen LogP contribution in [-0.2, 0) is 6.54 Å². The van der Waals surface area contributed by atoms with Gasteiger partial charge in [0.15, 0.2) is 0 Å². The van der Waals surface area contributed by atoms with Gasteiger partial charge in [-0.3, -0.25) is 0 Å². The number of nitrogens with zero attached hydrogens (tertiary/aromatic N) is 2. The fourth-order valence-electron chi connectivity index (χ4n) is 2.56. The highest BCUT2D eigenvalue weighted by Crippen LogP contribution is 2.25. The Balaban J connectivity index is 1.99. The third kappa shape index (κ3) is 4.87. The van der Waals surface area contributed by atoms with E-state index in [4.69, 9.17) is 11.6 Å². The van der Waals surface area contributed by atoms with E-state index in [-0.39, 0.29) is 5.54 Å². The fraction of sp³-hybridized carbons (Fsp3) is 0.647. The van der Waals surface area contributed by atoms with Gasteiger partial charge in [-0.2, -0.15) is 0 Å². The molecule has 4 heteroatoms. The Kier molecular flexibility index (Phi) is 5.53. The van der Waals surface area contributed by atoms with E-state index in [1.807, 2.05) is 0 Å². The van der Waals surface area contributed by atoms with Crippen LogP contribution < -0.4 is 10.2 Å². The highest BCUT2D eigenvalue weighted by Gasteiger charge is 2.17. The minimum atomic E-state index is 0.110. The molecule has 0 amide bonds. The van der Waals surface area contributed by atoms with Gasteiger partial charge in [-0.25, -0.2) is 0 Å². The first-order valence-corrected chi connectivity index (χ1v) is 8.27. The lowest BCUT2D eigenvalue weighted by Crippen LogP contribution is -2.46. The van der Waals surface area contributed by atoms with E-state index in [1.54, 1.807) is 0 Å². The van der Waals surface area contributed by atoms with E-state index in [0.29, 0.717) is 0 Å². The van der Waals surface area contributed by atoms with Gasteiger partial charge in [-0.15, -0.1) is 0 Å². The largest absolute Gasteiger partial charge is 0.369 e. The Hall–Kier alpha value is -0.770. The van der Waals surface area contributed by atoms with Crippen LogP contribution in [0.15, 0.2) is 18.2 Å². The summed E-state index contributed by atoms with van der Waals surface area (Å²) >= 11 is 6.46. The molecule has 1 aliphatic heterocycles. The van der Waals surface area contributed by atoms with E-state index in [9.17, 15) is 0 Å². The maximum Gasteiger partial charge on any atom is 0.0471 e. The van der Waals surface area contributed by atoms with Gasteiger partial charge >= 0.3 is 0 Å². The summed E-state index contributed by atoms with van der Waals surface area (Å²) in [5, 5.41) is 4.35. The van der Waals surface area contributed by atoms with E-state index < -0.39 is 0 Å². The highest BCUT2D eigenvalue weighted by atomic mass is 35.5. The topological polar surface area (TPSA) is 18.5 Å². The first kappa shape index (κ1) is 16.6. The molecule has 1 aromatic rings. The molecule has 0 saturated carbocycles. The summed E-state index contributed by atoms with van der Waals surface area (Å²) in [6.07, 6.45) is 0. The molecule has 0 radical (unpaired) electrons. The number of rotatable bonds is 4. The average molecular weight is 310 g/mol. The lowest BCUT2D eigenvalue weighted by Gasteiger charge is -2.35. The van der Waals surface area contributed by atoms with Crippen LogP contribution in [0.25, 0.3) is 0 Å². The molecule has 118 valence electrons. The molecule has 1 aromatic carbocycles. The molecule has 1 saturated heterocycles. The summed E-state index contributed by atoms with van der Waals surface area (Å²) in [7, 11) is 0. The Bertz CT molecular complexity index is 460. The van der Waals surface area contributed by atoms with Crippen molar-refractivity contribution < 1.29 is 0 Å². The average Bonchev–Trinajstić information content (AvgIpc) is 2.45. The second-order valence-electron chi connectivity index (χ2n) is 6.80. The monoisotopic (exact) mass is 309 g/mol. The molecule has 1 fully saturated rings. The Labute approximate surface area is 134 Å². The number of anilines is 1. The van der Waals surface area contributed by atoms with E-state index in [0.717, 1.165) is 44.3 Å². The van der Waals surface area contributed by atoms with E-state index >= 15 is 0 Å². The maximum absolute atomic E-state index is 6.46. The Morgan fingerprint density at radius 2 is 1.81 bits per heavy atom. The Morgan fingerprint density at radius 3 is 2.33 bits per heavy atom. The number of nitrogens with one attached hydrogen (secondary N) is 1. The van der Waals surface area contributed by atoms with Gasteiger partial charge in [0.2, 0.25) is 0 Å². The zero-order chi connectivity index (χ0) is 15.5. The van der Waals surface area contributed by atoms with Crippen LogP contribution >= 0.6 is 11.6 Å². The van der Waals surface area contributed by atoms with Crippen LogP contribution in [0, 0.1) is 0 Å². The molecule has 0 spiro atoms. The number of piperazine rings is 1. The van der Waals surface area contributed by atoms with Crippen molar-refractivity contribution >= 4 is 17.3 Å². The first-order chi connectivity index (χ1) is 9.89. The third-order valence-electron chi connectivity index (χ3n) is 4.03. The lowest BCUT2D eigenvalue weighted by molar-refractivity contribution is 0.271. The van der Waals surface area contributed by atoms with Crippen molar-refractivity contribution in [1.29, 1.82) is 0 Å². The van der Waals surface area contributed by atoms with Gasteiger partial charge in [0.25, 0.3) is 0 Å². The van der Waals surface area contributed by atoms with Crippen molar-refractivity contribution in [2.75, 3.05) is 37.6 Å². The first-order valence-electron chi connectivity index (χ1n) is 7.90. The quantitative estimate of drug-likeness (QED) is 0.920. The SMILES string of the molecule is CCN1CCN(c2ccc(CNC(C)(C)C)c(Cl)c2)CC1. The lowest BCUT2D eigenvalue weighted by atomic mass is 10.1. The summed E-state index contributed by atoms with van der Waals surface area (Å²) in [4.78, 5) is 4.92. The predicted molar refractivity (Wildman–Crippen MR) is 92.4 cm³/mol. The van der Waals surface area contributed by atoms with Crippen molar-refractivity contribution in [2.45, 2.75) is 39.8 Å². The predicted octanol–water partition coefficient (Wildman–Crippen LogP) is 3.37. The zero-order valence-electron chi connectivity index (χ0n) is 13.7. The molecule has 3 nitrogen and oxygen atoms in total. The molecular formula is C17H28ClN3. The summed E-state index contributed by atoms with van der Waals surface area (Å²) in [5.74, 6) is 0. The molecule has 0 bridgehead atoms. The number of likely N-dealkylation sites (N-methyl/N-ethyl adjacent to an activating group) is 1. The third-order valence-corrected chi connectivity index (χ3v) is 4.38. The molecule has 1 heterocycles. The van der Waals surface area contributed by atoms with E-state index in [1.165, 1.54) is 11.3 Å². The van der Waals surface area contributed by atoms with Gasteiger partial charge in [-0.1, -0.05) is 24.6 Å². The zero-order valence-corrected chi connectivity index (χ0v) is 14.5. The standard InChI is InChI=1S/C17H28ClN3/c1-5-20-8-10-21(11-9-20)15-7-6-14(16(18)12-15)13-19-17(2,3)4/h6-7,12,19H,5,8-11,13H2,1-4H3. The summed E-state index contributed by atoms with van der Waals surface area (Å²) in [5.41, 5.74) is 2.52. The van der Waals surface area contributed by atoms with Gasteiger partial charge in [0.05, 0.1) is 0 Å².